The van der Waals surface area contributed by atoms with Crippen LogP contribution in [0.15, 0.2) is 59.7 Å². The fraction of sp³-hybridized carbons (Fsp3) is 0.167. The van der Waals surface area contributed by atoms with Gasteiger partial charge in [0.2, 0.25) is 0 Å². The molecule has 0 saturated heterocycles. The van der Waals surface area contributed by atoms with Crippen molar-refractivity contribution in [1.29, 1.82) is 0 Å². The molecule has 4 nitrogen and oxygen atoms in total. The summed E-state index contributed by atoms with van der Waals surface area (Å²) < 4.78 is 7.00. The van der Waals surface area contributed by atoms with E-state index in [1.807, 2.05) is 65.4 Å². The van der Waals surface area contributed by atoms with Gasteiger partial charge in [0.15, 0.2) is 0 Å². The number of hydrogen-bond donors (Lipinski definition) is 1. The van der Waals surface area contributed by atoms with Crippen LogP contribution < -0.4 is 4.74 Å². The van der Waals surface area contributed by atoms with E-state index in [0.29, 0.717) is 6.54 Å². The number of benzene rings is 2. The first kappa shape index (κ1) is 15.4. The monoisotopic (exact) mass is 306 g/mol. The van der Waals surface area contributed by atoms with Gasteiger partial charge in [-0.25, -0.2) is 0 Å². The Morgan fingerprint density at radius 2 is 1.91 bits per heavy atom. The molecular weight excluding hydrogens is 287 g/mol. The maximum atomic E-state index is 9.89. The van der Waals surface area contributed by atoms with Gasteiger partial charge in [0.1, 0.15) is 5.75 Å². The molecule has 1 N–H and O–H groups in total. The molecule has 0 aliphatic rings. The highest BCUT2D eigenvalue weighted by Crippen LogP contribution is 2.20. The van der Waals surface area contributed by atoms with Gasteiger partial charge in [0.05, 0.1) is 13.7 Å². The van der Waals surface area contributed by atoms with E-state index in [4.69, 9.17) is 4.74 Å². The number of ether oxygens (including phenoxy) is 1. The Labute approximate surface area is 136 Å². The standard InChI is InChI=1S/C18H19BN2O2/c1-19(22)21-13-15(17-5-3-4-6-18(17)21)12-20-11-14-7-9-16(23-2)10-8-14/h3-10,12-13,22H,11H2,1-2H3. The first-order valence-corrected chi connectivity index (χ1v) is 7.59. The summed E-state index contributed by atoms with van der Waals surface area (Å²) in [5.74, 6) is 0.845. The van der Waals surface area contributed by atoms with Gasteiger partial charge < -0.3 is 14.2 Å². The minimum Gasteiger partial charge on any atom is -0.497 e. The molecule has 0 aliphatic heterocycles. The Bertz CT molecular complexity index is 823. The smallest absolute Gasteiger partial charge is 0.413 e. The Balaban J connectivity index is 1.83. The van der Waals surface area contributed by atoms with E-state index in [1.165, 1.54) is 0 Å². The molecule has 0 amide bonds. The Morgan fingerprint density at radius 1 is 1.17 bits per heavy atom. The largest absolute Gasteiger partial charge is 0.497 e. The lowest BCUT2D eigenvalue weighted by Crippen LogP contribution is -2.18. The SMILES string of the molecule is COc1ccc(CN=Cc2cn(B(C)O)c3ccccc23)cc1. The molecule has 0 atom stereocenters. The first-order chi connectivity index (χ1) is 11.2. The number of hydrogen-bond acceptors (Lipinski definition) is 3. The molecule has 0 bridgehead atoms. The zero-order valence-corrected chi connectivity index (χ0v) is 13.3. The second-order valence-electron chi connectivity index (χ2n) is 5.46. The Morgan fingerprint density at radius 3 is 2.61 bits per heavy atom. The molecule has 0 spiro atoms. The van der Waals surface area contributed by atoms with Crippen LogP contribution in [-0.2, 0) is 6.54 Å². The number of rotatable bonds is 5. The Kier molecular flexibility index (Phi) is 4.48. The van der Waals surface area contributed by atoms with Crippen LogP contribution in [-0.4, -0.2) is 29.9 Å². The van der Waals surface area contributed by atoms with E-state index < -0.39 is 7.05 Å². The quantitative estimate of drug-likeness (QED) is 0.581. The lowest BCUT2D eigenvalue weighted by Gasteiger charge is -2.03. The molecule has 0 aliphatic carbocycles. The van der Waals surface area contributed by atoms with Crippen molar-refractivity contribution < 1.29 is 9.76 Å². The molecule has 0 saturated carbocycles. The van der Waals surface area contributed by atoms with Gasteiger partial charge in [-0.2, -0.15) is 0 Å². The third-order valence-electron chi connectivity index (χ3n) is 3.84. The van der Waals surface area contributed by atoms with E-state index in [-0.39, 0.29) is 0 Å². The lowest BCUT2D eigenvalue weighted by atomic mass is 9.88. The summed E-state index contributed by atoms with van der Waals surface area (Å²) in [6.45, 7) is 2.36. The molecule has 0 fully saturated rings. The van der Waals surface area contributed by atoms with Crippen LogP contribution in [0.4, 0.5) is 0 Å². The number of fused-ring (bicyclic) bond motifs is 1. The summed E-state index contributed by atoms with van der Waals surface area (Å²) in [6.07, 6.45) is 3.80. The van der Waals surface area contributed by atoms with Gasteiger partial charge in [-0.3, -0.25) is 4.99 Å². The minimum absolute atomic E-state index is 0.566. The zero-order valence-electron chi connectivity index (χ0n) is 13.3. The summed E-state index contributed by atoms with van der Waals surface area (Å²) in [5, 5.41) is 11.0. The summed E-state index contributed by atoms with van der Waals surface area (Å²) >= 11 is 0. The summed E-state index contributed by atoms with van der Waals surface area (Å²) in [7, 11) is 1.09. The first-order valence-electron chi connectivity index (χ1n) is 7.59. The highest BCUT2D eigenvalue weighted by molar-refractivity contribution is 6.48. The van der Waals surface area contributed by atoms with Crippen LogP contribution in [0.2, 0.25) is 6.82 Å². The molecule has 3 aromatic rings. The maximum Gasteiger partial charge on any atom is 0.413 e. The summed E-state index contributed by atoms with van der Waals surface area (Å²) in [6, 6.07) is 15.9. The van der Waals surface area contributed by atoms with Crippen molar-refractivity contribution in [2.24, 2.45) is 4.99 Å². The predicted molar refractivity (Wildman–Crippen MR) is 95.5 cm³/mol. The van der Waals surface area contributed by atoms with Gasteiger partial charge in [-0.05, 0) is 30.6 Å². The number of aliphatic imine (C=N–C) groups is 1. The van der Waals surface area contributed by atoms with Gasteiger partial charge in [-0.15, -0.1) is 0 Å². The fourth-order valence-electron chi connectivity index (χ4n) is 2.62. The highest BCUT2D eigenvalue weighted by Gasteiger charge is 2.12. The summed E-state index contributed by atoms with van der Waals surface area (Å²) in [4.78, 5) is 4.53. The van der Waals surface area contributed by atoms with Gasteiger partial charge >= 0.3 is 7.05 Å². The maximum absolute atomic E-state index is 9.89. The molecule has 5 heteroatoms. The number of para-hydroxylation sites is 1. The Hall–Kier alpha value is -2.53. The average molecular weight is 306 g/mol. The van der Waals surface area contributed by atoms with Crippen molar-refractivity contribution in [2.45, 2.75) is 13.4 Å². The van der Waals surface area contributed by atoms with Gasteiger partial charge in [0, 0.05) is 28.9 Å². The van der Waals surface area contributed by atoms with Crippen LogP contribution in [0.3, 0.4) is 0 Å². The highest BCUT2D eigenvalue weighted by atomic mass is 16.5. The molecule has 116 valence electrons. The topological polar surface area (TPSA) is 46.8 Å². The van der Waals surface area contributed by atoms with Crippen molar-refractivity contribution in [1.82, 2.24) is 4.48 Å². The van der Waals surface area contributed by atoms with Crippen LogP contribution in [0.25, 0.3) is 10.9 Å². The average Bonchev–Trinajstić information content (AvgIpc) is 2.95. The van der Waals surface area contributed by atoms with Crippen molar-refractivity contribution in [2.75, 3.05) is 7.11 Å². The zero-order chi connectivity index (χ0) is 16.2. The van der Waals surface area contributed by atoms with E-state index in [9.17, 15) is 5.02 Å². The second kappa shape index (κ2) is 6.71. The predicted octanol–water partition coefficient (Wildman–Crippen LogP) is 3.23. The van der Waals surface area contributed by atoms with Crippen LogP contribution in [0.1, 0.15) is 11.1 Å². The fourth-order valence-corrected chi connectivity index (χ4v) is 2.62. The van der Waals surface area contributed by atoms with Crippen LogP contribution in [0, 0.1) is 0 Å². The third-order valence-corrected chi connectivity index (χ3v) is 3.84. The number of nitrogens with zero attached hydrogens (tertiary/aromatic N) is 2. The van der Waals surface area contributed by atoms with Crippen LogP contribution in [0.5, 0.6) is 5.75 Å². The lowest BCUT2D eigenvalue weighted by molar-refractivity contribution is 0.414. The molecule has 2 aromatic carbocycles. The van der Waals surface area contributed by atoms with E-state index in [1.54, 1.807) is 13.9 Å². The normalized spacial score (nSPS) is 11.3. The van der Waals surface area contributed by atoms with Gasteiger partial charge in [-0.1, -0.05) is 30.3 Å². The molecule has 0 unspecified atom stereocenters. The van der Waals surface area contributed by atoms with E-state index in [0.717, 1.165) is 27.8 Å². The van der Waals surface area contributed by atoms with Crippen molar-refractivity contribution >= 4 is 24.2 Å². The molecule has 23 heavy (non-hydrogen) atoms. The molecule has 1 aromatic heterocycles. The number of methoxy groups -OCH3 is 1. The second-order valence-corrected chi connectivity index (χ2v) is 5.46. The van der Waals surface area contributed by atoms with Crippen molar-refractivity contribution in [3.63, 3.8) is 0 Å². The molecule has 0 radical (unpaired) electrons. The van der Waals surface area contributed by atoms with E-state index in [2.05, 4.69) is 4.99 Å². The summed E-state index contributed by atoms with van der Waals surface area (Å²) in [5.41, 5.74) is 3.14. The molecule has 1 heterocycles. The van der Waals surface area contributed by atoms with Crippen molar-refractivity contribution in [3.05, 3.63) is 65.9 Å². The van der Waals surface area contributed by atoms with E-state index >= 15 is 0 Å². The molecule has 3 rings (SSSR count). The number of aromatic nitrogens is 1. The van der Waals surface area contributed by atoms with Crippen LogP contribution >= 0.6 is 0 Å². The minimum atomic E-state index is -0.566. The third kappa shape index (κ3) is 3.30. The van der Waals surface area contributed by atoms with Gasteiger partial charge in [0.25, 0.3) is 0 Å². The van der Waals surface area contributed by atoms with Crippen molar-refractivity contribution in [3.8, 4) is 5.75 Å². The molecular formula is C18H19BN2O2.